The number of halogens is 1. The van der Waals surface area contributed by atoms with Crippen LogP contribution >= 0.6 is 11.6 Å². The van der Waals surface area contributed by atoms with Crippen molar-refractivity contribution in [3.63, 3.8) is 0 Å². The van der Waals surface area contributed by atoms with Crippen LogP contribution in [0.3, 0.4) is 0 Å². The third-order valence-electron chi connectivity index (χ3n) is 5.07. The average molecular weight is 362 g/mol. The molecule has 4 rings (SSSR count). The number of carbonyl (C=O) groups excluding carboxylic acids is 2. The number of fused-ring (bicyclic) bond motifs is 1. The molecule has 3 aliphatic heterocycles. The van der Waals surface area contributed by atoms with E-state index in [1.54, 1.807) is 29.2 Å². The zero-order valence-electron chi connectivity index (χ0n) is 14.1. The van der Waals surface area contributed by atoms with Gasteiger partial charge in [-0.1, -0.05) is 37.6 Å². The van der Waals surface area contributed by atoms with Gasteiger partial charge in [0, 0.05) is 10.7 Å². The molecular formula is C19H20ClNO4. The fourth-order valence-corrected chi connectivity index (χ4v) is 4.08. The van der Waals surface area contributed by atoms with Crippen molar-refractivity contribution in [3.05, 3.63) is 41.4 Å². The topological polar surface area (TPSA) is 55.8 Å². The SMILES string of the molecule is CC(C)COC(=O)[C@@H]1[C@H]2C(=O)N(c3ccc(Cl)cc3)C[C@]23C=C[C@H]1O3. The zero-order valence-corrected chi connectivity index (χ0v) is 14.9. The van der Waals surface area contributed by atoms with Crippen LogP contribution in [-0.2, 0) is 19.1 Å². The number of ether oxygens (including phenoxy) is 2. The molecule has 1 amide bonds. The van der Waals surface area contributed by atoms with Crippen LogP contribution in [0.25, 0.3) is 0 Å². The van der Waals surface area contributed by atoms with Crippen molar-refractivity contribution in [3.8, 4) is 0 Å². The number of anilines is 1. The maximum atomic E-state index is 13.1. The third-order valence-corrected chi connectivity index (χ3v) is 5.32. The smallest absolute Gasteiger partial charge is 0.312 e. The van der Waals surface area contributed by atoms with Crippen LogP contribution < -0.4 is 4.90 Å². The van der Waals surface area contributed by atoms with Gasteiger partial charge in [-0.15, -0.1) is 0 Å². The third kappa shape index (κ3) is 2.57. The Hall–Kier alpha value is -1.85. The molecule has 0 N–H and O–H groups in total. The van der Waals surface area contributed by atoms with Crippen LogP contribution in [-0.4, -0.2) is 36.7 Å². The van der Waals surface area contributed by atoms with Crippen molar-refractivity contribution < 1.29 is 19.1 Å². The van der Waals surface area contributed by atoms with Gasteiger partial charge in [0.1, 0.15) is 11.5 Å². The Bertz CT molecular complexity index is 744. The second kappa shape index (κ2) is 5.85. The van der Waals surface area contributed by atoms with Gasteiger partial charge in [0.2, 0.25) is 5.91 Å². The first-order valence-corrected chi connectivity index (χ1v) is 8.90. The lowest BCUT2D eigenvalue weighted by atomic mass is 9.77. The molecule has 1 aromatic carbocycles. The monoisotopic (exact) mass is 361 g/mol. The lowest BCUT2D eigenvalue weighted by Gasteiger charge is -2.23. The summed E-state index contributed by atoms with van der Waals surface area (Å²) < 4.78 is 11.5. The highest BCUT2D eigenvalue weighted by atomic mass is 35.5. The zero-order chi connectivity index (χ0) is 17.8. The summed E-state index contributed by atoms with van der Waals surface area (Å²) >= 11 is 5.94. The molecule has 1 spiro atoms. The molecule has 3 heterocycles. The van der Waals surface area contributed by atoms with E-state index < -0.39 is 17.4 Å². The standard InChI is InChI=1S/C19H20ClNO4/c1-11(2)9-24-18(23)15-14-7-8-19(25-14)10-21(17(22)16(15)19)13-5-3-12(20)4-6-13/h3-8,11,14-16H,9-10H2,1-2H3/t14-,15+,16+,19-/m1/s1. The van der Waals surface area contributed by atoms with E-state index in [0.717, 1.165) is 5.69 Å². The predicted molar refractivity (Wildman–Crippen MR) is 93.3 cm³/mol. The quantitative estimate of drug-likeness (QED) is 0.611. The van der Waals surface area contributed by atoms with Crippen LogP contribution in [0, 0.1) is 17.8 Å². The Morgan fingerprint density at radius 3 is 2.80 bits per heavy atom. The number of esters is 1. The lowest BCUT2D eigenvalue weighted by Crippen LogP contribution is -2.40. The van der Waals surface area contributed by atoms with E-state index in [9.17, 15) is 9.59 Å². The molecule has 5 nitrogen and oxygen atoms in total. The van der Waals surface area contributed by atoms with E-state index >= 15 is 0 Å². The number of hydrogen-bond acceptors (Lipinski definition) is 4. The first-order chi connectivity index (χ1) is 11.9. The lowest BCUT2D eigenvalue weighted by molar-refractivity contribution is -0.153. The summed E-state index contributed by atoms with van der Waals surface area (Å²) in [5, 5.41) is 0.612. The van der Waals surface area contributed by atoms with Crippen LogP contribution in [0.5, 0.6) is 0 Å². The molecule has 1 aromatic rings. The normalized spacial score (nSPS) is 32.6. The highest BCUT2D eigenvalue weighted by Crippen LogP contribution is 2.52. The van der Waals surface area contributed by atoms with Gasteiger partial charge >= 0.3 is 5.97 Å². The Labute approximate surface area is 151 Å². The minimum atomic E-state index is -0.733. The minimum Gasteiger partial charge on any atom is -0.465 e. The average Bonchev–Trinajstić information content (AvgIpc) is 3.22. The van der Waals surface area contributed by atoms with Gasteiger partial charge in [-0.25, -0.2) is 0 Å². The van der Waals surface area contributed by atoms with Crippen LogP contribution in [0.2, 0.25) is 5.02 Å². The largest absolute Gasteiger partial charge is 0.465 e. The first kappa shape index (κ1) is 16.6. The number of benzene rings is 1. The van der Waals surface area contributed by atoms with Gasteiger partial charge in [0.15, 0.2) is 0 Å². The van der Waals surface area contributed by atoms with E-state index in [-0.39, 0.29) is 23.9 Å². The summed E-state index contributed by atoms with van der Waals surface area (Å²) in [6.07, 6.45) is 3.44. The molecule has 6 heteroatoms. The second-order valence-electron chi connectivity index (χ2n) is 7.32. The van der Waals surface area contributed by atoms with Crippen molar-refractivity contribution in [1.29, 1.82) is 0 Å². The van der Waals surface area contributed by atoms with E-state index in [0.29, 0.717) is 18.2 Å². The number of rotatable bonds is 4. The van der Waals surface area contributed by atoms with Crippen LogP contribution in [0.1, 0.15) is 13.8 Å². The number of carbonyl (C=O) groups is 2. The molecular weight excluding hydrogens is 342 g/mol. The van der Waals surface area contributed by atoms with E-state index in [2.05, 4.69) is 0 Å². The molecule has 2 fully saturated rings. The molecule has 0 aromatic heterocycles. The van der Waals surface area contributed by atoms with Gasteiger partial charge in [-0.2, -0.15) is 0 Å². The summed E-state index contributed by atoms with van der Waals surface area (Å²) in [5.74, 6) is -1.30. The molecule has 25 heavy (non-hydrogen) atoms. The number of hydrogen-bond donors (Lipinski definition) is 0. The molecule has 2 saturated heterocycles. The molecule has 4 atom stereocenters. The van der Waals surface area contributed by atoms with E-state index in [1.807, 2.05) is 26.0 Å². The van der Waals surface area contributed by atoms with Crippen molar-refractivity contribution in [2.24, 2.45) is 17.8 Å². The molecule has 0 unspecified atom stereocenters. The highest BCUT2D eigenvalue weighted by molar-refractivity contribution is 6.30. The maximum Gasteiger partial charge on any atom is 0.312 e. The van der Waals surface area contributed by atoms with Crippen LogP contribution in [0.15, 0.2) is 36.4 Å². The second-order valence-corrected chi connectivity index (χ2v) is 7.76. The molecule has 0 saturated carbocycles. The van der Waals surface area contributed by atoms with Gasteiger partial charge in [0.05, 0.1) is 25.2 Å². The Morgan fingerprint density at radius 1 is 1.40 bits per heavy atom. The van der Waals surface area contributed by atoms with Crippen LogP contribution in [0.4, 0.5) is 5.69 Å². The first-order valence-electron chi connectivity index (χ1n) is 8.52. The summed E-state index contributed by atoms with van der Waals surface area (Å²) in [7, 11) is 0. The summed E-state index contributed by atoms with van der Waals surface area (Å²) in [4.78, 5) is 27.3. The molecule has 2 bridgehead atoms. The maximum absolute atomic E-state index is 13.1. The van der Waals surface area contributed by atoms with Crippen molar-refractivity contribution in [1.82, 2.24) is 0 Å². The number of nitrogens with zero attached hydrogens (tertiary/aromatic N) is 1. The fourth-order valence-electron chi connectivity index (χ4n) is 3.95. The summed E-state index contributed by atoms with van der Waals surface area (Å²) in [5.41, 5.74) is 0.0241. The van der Waals surface area contributed by atoms with Crippen molar-refractivity contribution in [2.75, 3.05) is 18.1 Å². The Balaban J connectivity index is 1.61. The Morgan fingerprint density at radius 2 is 2.12 bits per heavy atom. The fraction of sp³-hybridized carbons (Fsp3) is 0.474. The Kier molecular flexibility index (Phi) is 3.89. The highest BCUT2D eigenvalue weighted by Gasteiger charge is 2.67. The van der Waals surface area contributed by atoms with E-state index in [4.69, 9.17) is 21.1 Å². The molecule has 0 aliphatic carbocycles. The van der Waals surface area contributed by atoms with Gasteiger partial charge in [-0.05, 0) is 30.2 Å². The van der Waals surface area contributed by atoms with Gasteiger partial charge < -0.3 is 14.4 Å². The molecule has 132 valence electrons. The van der Waals surface area contributed by atoms with Gasteiger partial charge in [0.25, 0.3) is 0 Å². The minimum absolute atomic E-state index is 0.0966. The summed E-state index contributed by atoms with van der Waals surface area (Å²) in [6.45, 7) is 4.71. The predicted octanol–water partition coefficient (Wildman–Crippen LogP) is 2.83. The summed E-state index contributed by atoms with van der Waals surface area (Å²) in [6, 6.07) is 7.11. The number of amides is 1. The van der Waals surface area contributed by atoms with Crippen molar-refractivity contribution in [2.45, 2.75) is 25.6 Å². The van der Waals surface area contributed by atoms with Gasteiger partial charge in [-0.3, -0.25) is 9.59 Å². The molecule has 0 radical (unpaired) electrons. The molecule has 3 aliphatic rings. The van der Waals surface area contributed by atoms with E-state index in [1.165, 1.54) is 0 Å². The van der Waals surface area contributed by atoms with Crippen molar-refractivity contribution >= 4 is 29.2 Å².